The summed E-state index contributed by atoms with van der Waals surface area (Å²) in [6.45, 7) is 4.00. The first-order chi connectivity index (χ1) is 14.9. The van der Waals surface area contributed by atoms with E-state index in [0.717, 1.165) is 0 Å². The van der Waals surface area contributed by atoms with E-state index in [0.29, 0.717) is 0 Å². The van der Waals surface area contributed by atoms with Gasteiger partial charge in [0, 0.05) is 0 Å². The smallest absolute Gasteiger partial charge is 0.00988 e. The van der Waals surface area contributed by atoms with Crippen LogP contribution in [0.3, 0.4) is 0 Å². The lowest BCUT2D eigenvalue weighted by atomic mass is 9.93. The molecule has 30 heavy (non-hydrogen) atoms. The normalized spacial score (nSPS) is 11.0. The summed E-state index contributed by atoms with van der Waals surface area (Å²) in [5.41, 5.74) is 2.56. The Labute approximate surface area is 177 Å². The summed E-state index contributed by atoms with van der Waals surface area (Å²) in [6, 6.07) is 39.7. The van der Waals surface area contributed by atoms with E-state index in [1.54, 1.807) is 0 Å². The predicted molar refractivity (Wildman–Crippen MR) is 133 cm³/mol. The molecule has 0 bridgehead atoms. The van der Waals surface area contributed by atoms with Gasteiger partial charge in [-0.2, -0.15) is 0 Å². The van der Waals surface area contributed by atoms with Crippen LogP contribution >= 0.6 is 0 Å². The van der Waals surface area contributed by atoms with Crippen molar-refractivity contribution in [3.05, 3.63) is 109 Å². The molecule has 0 heteroatoms. The number of benzene rings is 6. The molecule has 0 fully saturated rings. The topological polar surface area (TPSA) is 0 Å². The lowest BCUT2D eigenvalue weighted by Gasteiger charge is -2.11. The Bertz CT molecular complexity index is 1500. The molecule has 0 N–H and O–H groups in total. The summed E-state index contributed by atoms with van der Waals surface area (Å²) in [5, 5.41) is 10.4. The maximum absolute atomic E-state index is 2.36. The van der Waals surface area contributed by atoms with Gasteiger partial charge < -0.3 is 0 Å². The van der Waals surface area contributed by atoms with Crippen molar-refractivity contribution < 1.29 is 0 Å². The molecule has 6 aromatic carbocycles. The van der Waals surface area contributed by atoms with Gasteiger partial charge in [0.1, 0.15) is 0 Å². The highest BCUT2D eigenvalue weighted by molar-refractivity contribution is 6.13. The van der Waals surface area contributed by atoms with Crippen LogP contribution in [0.25, 0.3) is 54.2 Å². The maximum Gasteiger partial charge on any atom is -0.00988 e. The zero-order valence-electron chi connectivity index (χ0n) is 17.4. The Morgan fingerprint density at radius 2 is 0.933 bits per heavy atom. The third-order valence-electron chi connectivity index (χ3n) is 5.80. The summed E-state index contributed by atoms with van der Waals surface area (Å²) < 4.78 is 0. The summed E-state index contributed by atoms with van der Waals surface area (Å²) in [7, 11) is 0. The van der Waals surface area contributed by atoms with E-state index >= 15 is 0 Å². The third kappa shape index (κ3) is 3.02. The van der Waals surface area contributed by atoms with Crippen LogP contribution in [0.5, 0.6) is 0 Å². The minimum absolute atomic E-state index is 1.27. The van der Waals surface area contributed by atoms with Gasteiger partial charge in [-0.1, -0.05) is 105 Å². The molecule has 0 aliphatic rings. The van der Waals surface area contributed by atoms with Crippen molar-refractivity contribution in [1.82, 2.24) is 0 Å². The van der Waals surface area contributed by atoms with Crippen LogP contribution in [-0.4, -0.2) is 0 Å². The van der Waals surface area contributed by atoms with Gasteiger partial charge in [0.25, 0.3) is 0 Å². The molecule has 0 saturated heterocycles. The molecule has 0 aliphatic carbocycles. The van der Waals surface area contributed by atoms with E-state index in [1.165, 1.54) is 54.2 Å². The van der Waals surface area contributed by atoms with Crippen molar-refractivity contribution in [3.8, 4) is 11.1 Å². The summed E-state index contributed by atoms with van der Waals surface area (Å²) in [6.07, 6.45) is 0. The highest BCUT2D eigenvalue weighted by Gasteiger charge is 2.07. The second-order valence-corrected chi connectivity index (χ2v) is 7.45. The van der Waals surface area contributed by atoms with Crippen molar-refractivity contribution in [3.63, 3.8) is 0 Å². The maximum atomic E-state index is 2.36. The molecule has 0 spiro atoms. The first kappa shape index (κ1) is 18.4. The summed E-state index contributed by atoms with van der Waals surface area (Å²) in [5.74, 6) is 0. The second-order valence-electron chi connectivity index (χ2n) is 7.45. The molecule has 0 saturated carbocycles. The van der Waals surface area contributed by atoms with Crippen LogP contribution < -0.4 is 0 Å². The number of hydrogen-bond acceptors (Lipinski definition) is 0. The minimum Gasteiger partial charge on any atom is -0.0683 e. The van der Waals surface area contributed by atoms with Gasteiger partial charge in [-0.25, -0.2) is 0 Å². The average Bonchev–Trinajstić information content (AvgIpc) is 2.83. The van der Waals surface area contributed by atoms with Gasteiger partial charge in [0.2, 0.25) is 0 Å². The fraction of sp³-hybridized carbons (Fsp3) is 0.0667. The van der Waals surface area contributed by atoms with Crippen molar-refractivity contribution in [2.45, 2.75) is 13.8 Å². The van der Waals surface area contributed by atoms with Crippen molar-refractivity contribution in [1.29, 1.82) is 0 Å². The SMILES string of the molecule is CC.c1ccc2cc3c(ccc4ccc(-c5cccc6ccccc56)cc43)cc2c1. The molecule has 0 aromatic heterocycles. The Kier molecular flexibility index (Phi) is 4.69. The first-order valence-corrected chi connectivity index (χ1v) is 10.7. The monoisotopic (exact) mass is 384 g/mol. The average molecular weight is 385 g/mol. The largest absolute Gasteiger partial charge is 0.0683 e. The number of rotatable bonds is 1. The molecule has 0 atom stereocenters. The van der Waals surface area contributed by atoms with Crippen LogP contribution in [0, 0.1) is 0 Å². The fourth-order valence-corrected chi connectivity index (χ4v) is 4.39. The molecule has 0 heterocycles. The second kappa shape index (κ2) is 7.65. The van der Waals surface area contributed by atoms with Crippen LogP contribution in [0.15, 0.2) is 109 Å². The molecule has 144 valence electrons. The summed E-state index contributed by atoms with van der Waals surface area (Å²) in [4.78, 5) is 0. The fourth-order valence-electron chi connectivity index (χ4n) is 4.39. The number of fused-ring (bicyclic) bond motifs is 5. The molecule has 0 aliphatic heterocycles. The van der Waals surface area contributed by atoms with Crippen LogP contribution in [0.4, 0.5) is 0 Å². The van der Waals surface area contributed by atoms with Gasteiger partial charge in [0.15, 0.2) is 0 Å². The van der Waals surface area contributed by atoms with Crippen molar-refractivity contribution >= 4 is 43.1 Å². The van der Waals surface area contributed by atoms with Crippen LogP contribution in [0.2, 0.25) is 0 Å². The predicted octanol–water partition coefficient (Wildman–Crippen LogP) is 8.99. The van der Waals surface area contributed by atoms with E-state index in [-0.39, 0.29) is 0 Å². The first-order valence-electron chi connectivity index (χ1n) is 10.7. The number of hydrogen-bond donors (Lipinski definition) is 0. The van der Waals surface area contributed by atoms with E-state index < -0.39 is 0 Å². The third-order valence-corrected chi connectivity index (χ3v) is 5.80. The van der Waals surface area contributed by atoms with E-state index in [4.69, 9.17) is 0 Å². The Morgan fingerprint density at radius 1 is 0.367 bits per heavy atom. The molecule has 6 rings (SSSR count). The molecular formula is C30H24. The van der Waals surface area contributed by atoms with E-state index in [9.17, 15) is 0 Å². The molecular weight excluding hydrogens is 360 g/mol. The Hall–Kier alpha value is -3.64. The van der Waals surface area contributed by atoms with Gasteiger partial charge in [-0.3, -0.25) is 0 Å². The van der Waals surface area contributed by atoms with Crippen LogP contribution in [-0.2, 0) is 0 Å². The summed E-state index contributed by atoms with van der Waals surface area (Å²) >= 11 is 0. The van der Waals surface area contributed by atoms with Gasteiger partial charge in [0.05, 0.1) is 0 Å². The standard InChI is InChI=1S/C28H18.C2H6/c1-2-8-22-17-28-23(16-21(22)7-1)14-12-20-13-15-24(18-27(20)28)26-11-5-9-19-6-3-4-10-25(19)26;1-2/h1-18H;1-2H3. The highest BCUT2D eigenvalue weighted by atomic mass is 14.1. The zero-order chi connectivity index (χ0) is 20.5. The Balaban J connectivity index is 0.000000937. The molecule has 6 aromatic rings. The highest BCUT2D eigenvalue weighted by Crippen LogP contribution is 2.34. The zero-order valence-corrected chi connectivity index (χ0v) is 17.4. The lowest BCUT2D eigenvalue weighted by molar-refractivity contribution is 1.50. The van der Waals surface area contributed by atoms with Crippen molar-refractivity contribution in [2.75, 3.05) is 0 Å². The minimum atomic E-state index is 1.27. The van der Waals surface area contributed by atoms with Crippen LogP contribution in [0.1, 0.15) is 13.8 Å². The Morgan fingerprint density at radius 3 is 1.77 bits per heavy atom. The van der Waals surface area contributed by atoms with Gasteiger partial charge in [-0.15, -0.1) is 0 Å². The molecule has 0 amide bonds. The quantitative estimate of drug-likeness (QED) is 0.196. The molecule has 0 unspecified atom stereocenters. The van der Waals surface area contributed by atoms with Gasteiger partial charge in [-0.05, 0) is 72.4 Å². The van der Waals surface area contributed by atoms with E-state index in [2.05, 4.69) is 109 Å². The van der Waals surface area contributed by atoms with Gasteiger partial charge >= 0.3 is 0 Å². The molecule has 0 nitrogen and oxygen atoms in total. The van der Waals surface area contributed by atoms with Crippen molar-refractivity contribution in [2.24, 2.45) is 0 Å². The lowest BCUT2D eigenvalue weighted by Crippen LogP contribution is -1.84. The van der Waals surface area contributed by atoms with E-state index in [1.807, 2.05) is 13.8 Å². The molecule has 0 radical (unpaired) electrons.